The molecule has 1 aliphatic heterocycles. The zero-order valence-electron chi connectivity index (χ0n) is 12.1. The van der Waals surface area contributed by atoms with E-state index >= 15 is 0 Å². The van der Waals surface area contributed by atoms with Crippen molar-refractivity contribution in [3.05, 3.63) is 58.1 Å². The highest BCUT2D eigenvalue weighted by atomic mass is 79.9. The van der Waals surface area contributed by atoms with Gasteiger partial charge in [-0.1, -0.05) is 34.1 Å². The molecule has 2 aromatic carbocycles. The monoisotopic (exact) mass is 346 g/mol. The first kappa shape index (κ1) is 14.4. The molecule has 0 aromatic heterocycles. The Morgan fingerprint density at radius 2 is 2.05 bits per heavy atom. The van der Waals surface area contributed by atoms with Gasteiger partial charge in [0.15, 0.2) is 0 Å². The molecule has 0 bridgehead atoms. The fourth-order valence-corrected chi connectivity index (χ4v) is 3.09. The standard InChI is InChI=1S/C17H19BrN2O/c1-12(19)15-10-14(18)6-7-16(15)20-8-9-21-17-5-3-2-4-13(17)11-20/h2-7,10,12H,8-9,11,19H2,1H3. The van der Waals surface area contributed by atoms with E-state index in [9.17, 15) is 0 Å². The van der Waals surface area contributed by atoms with Gasteiger partial charge in [0.05, 0.1) is 6.54 Å². The quantitative estimate of drug-likeness (QED) is 0.896. The maximum atomic E-state index is 6.15. The van der Waals surface area contributed by atoms with E-state index in [0.717, 1.165) is 28.9 Å². The molecule has 2 aromatic rings. The Morgan fingerprint density at radius 3 is 2.86 bits per heavy atom. The van der Waals surface area contributed by atoms with Crippen LogP contribution in [0.2, 0.25) is 0 Å². The minimum absolute atomic E-state index is 0.00286. The fourth-order valence-electron chi connectivity index (χ4n) is 2.71. The fraction of sp³-hybridized carbons (Fsp3) is 0.294. The molecule has 2 N–H and O–H groups in total. The average Bonchev–Trinajstić information content (AvgIpc) is 2.69. The van der Waals surface area contributed by atoms with Crippen molar-refractivity contribution in [2.75, 3.05) is 18.1 Å². The predicted molar refractivity (Wildman–Crippen MR) is 89.7 cm³/mol. The largest absolute Gasteiger partial charge is 0.491 e. The third-order valence-electron chi connectivity index (χ3n) is 3.77. The third-order valence-corrected chi connectivity index (χ3v) is 4.27. The Labute approximate surface area is 133 Å². The number of fused-ring (bicyclic) bond motifs is 1. The van der Waals surface area contributed by atoms with E-state index in [2.05, 4.69) is 51.2 Å². The summed E-state index contributed by atoms with van der Waals surface area (Å²) in [5.74, 6) is 0.986. The molecule has 0 fully saturated rings. The molecular formula is C17H19BrN2O. The molecule has 0 spiro atoms. The summed E-state index contributed by atoms with van der Waals surface area (Å²) in [4.78, 5) is 2.34. The van der Waals surface area contributed by atoms with Crippen molar-refractivity contribution in [2.24, 2.45) is 5.73 Å². The second kappa shape index (κ2) is 6.08. The third kappa shape index (κ3) is 3.06. The maximum absolute atomic E-state index is 6.15. The Bertz CT molecular complexity index is 642. The van der Waals surface area contributed by atoms with Crippen LogP contribution in [0.4, 0.5) is 5.69 Å². The number of nitrogens with two attached hydrogens (primary N) is 1. The van der Waals surface area contributed by atoms with Gasteiger partial charge in [-0.25, -0.2) is 0 Å². The lowest BCUT2D eigenvalue weighted by Gasteiger charge is -2.26. The van der Waals surface area contributed by atoms with Crippen LogP contribution in [0.3, 0.4) is 0 Å². The molecule has 110 valence electrons. The molecule has 0 saturated carbocycles. The smallest absolute Gasteiger partial charge is 0.124 e. The molecule has 0 saturated heterocycles. The number of anilines is 1. The van der Waals surface area contributed by atoms with Crippen molar-refractivity contribution >= 4 is 21.6 Å². The van der Waals surface area contributed by atoms with Crippen molar-refractivity contribution in [3.8, 4) is 5.75 Å². The molecule has 1 unspecified atom stereocenters. The lowest BCUT2D eigenvalue weighted by molar-refractivity contribution is 0.331. The van der Waals surface area contributed by atoms with Gasteiger partial charge in [0.1, 0.15) is 12.4 Å². The summed E-state index contributed by atoms with van der Waals surface area (Å²) >= 11 is 3.53. The first-order chi connectivity index (χ1) is 10.1. The van der Waals surface area contributed by atoms with Gasteiger partial charge in [-0.3, -0.25) is 0 Å². The highest BCUT2D eigenvalue weighted by Gasteiger charge is 2.19. The van der Waals surface area contributed by atoms with Crippen LogP contribution in [0.1, 0.15) is 24.1 Å². The van der Waals surface area contributed by atoms with E-state index < -0.39 is 0 Å². The first-order valence-corrected chi connectivity index (χ1v) is 7.95. The highest BCUT2D eigenvalue weighted by Crippen LogP contribution is 2.32. The molecule has 3 rings (SSSR count). The molecule has 1 aliphatic rings. The lowest BCUT2D eigenvalue weighted by atomic mass is 10.1. The SMILES string of the molecule is CC(N)c1cc(Br)ccc1N1CCOc2ccccc2C1. The van der Waals surface area contributed by atoms with E-state index in [1.807, 2.05) is 19.1 Å². The van der Waals surface area contributed by atoms with Gasteiger partial charge in [0.2, 0.25) is 0 Å². The Morgan fingerprint density at radius 1 is 1.24 bits per heavy atom. The maximum Gasteiger partial charge on any atom is 0.124 e. The Kier molecular flexibility index (Phi) is 4.17. The molecule has 0 amide bonds. The van der Waals surface area contributed by atoms with Crippen LogP contribution in [-0.4, -0.2) is 13.2 Å². The van der Waals surface area contributed by atoms with E-state index in [-0.39, 0.29) is 6.04 Å². The highest BCUT2D eigenvalue weighted by molar-refractivity contribution is 9.10. The van der Waals surface area contributed by atoms with Gasteiger partial charge in [-0.15, -0.1) is 0 Å². The second-order valence-electron chi connectivity index (χ2n) is 5.37. The van der Waals surface area contributed by atoms with E-state index in [1.54, 1.807) is 0 Å². The number of halogens is 1. The zero-order valence-corrected chi connectivity index (χ0v) is 13.6. The summed E-state index contributed by atoms with van der Waals surface area (Å²) in [6.07, 6.45) is 0. The van der Waals surface area contributed by atoms with Crippen molar-refractivity contribution in [1.82, 2.24) is 0 Å². The number of ether oxygens (including phenoxy) is 1. The molecule has 1 atom stereocenters. The average molecular weight is 347 g/mol. The van der Waals surface area contributed by atoms with Crippen molar-refractivity contribution in [1.29, 1.82) is 0 Å². The molecule has 3 nitrogen and oxygen atoms in total. The van der Waals surface area contributed by atoms with Gasteiger partial charge in [0, 0.05) is 28.3 Å². The summed E-state index contributed by atoms with van der Waals surface area (Å²) in [5, 5.41) is 0. The topological polar surface area (TPSA) is 38.5 Å². The number of rotatable bonds is 2. The predicted octanol–water partition coefficient (Wildman–Crippen LogP) is 3.87. The summed E-state index contributed by atoms with van der Waals surface area (Å²) < 4.78 is 6.90. The number of benzene rings is 2. The summed E-state index contributed by atoms with van der Waals surface area (Å²) in [5.41, 5.74) is 9.71. The van der Waals surface area contributed by atoms with Crippen molar-refractivity contribution < 1.29 is 4.74 Å². The van der Waals surface area contributed by atoms with Crippen LogP contribution in [0, 0.1) is 0 Å². The summed E-state index contributed by atoms with van der Waals surface area (Å²) in [7, 11) is 0. The van der Waals surface area contributed by atoms with Gasteiger partial charge in [0.25, 0.3) is 0 Å². The minimum Gasteiger partial charge on any atom is -0.491 e. The second-order valence-corrected chi connectivity index (χ2v) is 6.29. The molecular weight excluding hydrogens is 328 g/mol. The summed E-state index contributed by atoms with van der Waals surface area (Å²) in [6, 6.07) is 14.5. The number of nitrogens with zero attached hydrogens (tertiary/aromatic N) is 1. The molecule has 21 heavy (non-hydrogen) atoms. The van der Waals surface area contributed by atoms with Crippen LogP contribution < -0.4 is 15.4 Å². The van der Waals surface area contributed by atoms with Gasteiger partial charge >= 0.3 is 0 Å². The molecule has 1 heterocycles. The first-order valence-electron chi connectivity index (χ1n) is 7.16. The summed E-state index contributed by atoms with van der Waals surface area (Å²) in [6.45, 7) is 4.41. The number of hydrogen-bond donors (Lipinski definition) is 1. The van der Waals surface area contributed by atoms with Gasteiger partial charge < -0.3 is 15.4 Å². The number of hydrogen-bond acceptors (Lipinski definition) is 3. The Balaban J connectivity index is 1.98. The van der Waals surface area contributed by atoms with Crippen LogP contribution in [0.15, 0.2) is 46.9 Å². The molecule has 4 heteroatoms. The van der Waals surface area contributed by atoms with Crippen molar-refractivity contribution in [2.45, 2.75) is 19.5 Å². The van der Waals surface area contributed by atoms with Crippen molar-refractivity contribution in [3.63, 3.8) is 0 Å². The van der Waals surface area contributed by atoms with E-state index in [4.69, 9.17) is 10.5 Å². The zero-order chi connectivity index (χ0) is 14.8. The van der Waals surface area contributed by atoms with Gasteiger partial charge in [-0.2, -0.15) is 0 Å². The number of para-hydroxylation sites is 1. The minimum atomic E-state index is -0.00286. The van der Waals surface area contributed by atoms with E-state index in [1.165, 1.54) is 11.3 Å². The normalized spacial score (nSPS) is 15.9. The van der Waals surface area contributed by atoms with Gasteiger partial charge in [-0.05, 0) is 36.8 Å². The van der Waals surface area contributed by atoms with Crippen LogP contribution in [0.5, 0.6) is 5.75 Å². The van der Waals surface area contributed by atoms with Crippen LogP contribution in [-0.2, 0) is 6.54 Å². The van der Waals surface area contributed by atoms with Crippen LogP contribution in [0.25, 0.3) is 0 Å². The van der Waals surface area contributed by atoms with E-state index in [0.29, 0.717) is 6.61 Å². The lowest BCUT2D eigenvalue weighted by Crippen LogP contribution is -2.27. The van der Waals surface area contributed by atoms with Crippen LogP contribution >= 0.6 is 15.9 Å². The molecule has 0 aliphatic carbocycles. The Hall–Kier alpha value is -1.52. The molecule has 0 radical (unpaired) electrons.